The van der Waals surface area contributed by atoms with Gasteiger partial charge in [0.15, 0.2) is 6.10 Å². The Morgan fingerprint density at radius 1 is 1.13 bits per heavy atom. The van der Waals surface area contributed by atoms with Gasteiger partial charge in [-0.3, -0.25) is 4.79 Å². The van der Waals surface area contributed by atoms with E-state index in [1.165, 1.54) is 13.0 Å². The molecule has 1 unspecified atom stereocenters. The van der Waals surface area contributed by atoms with Crippen molar-refractivity contribution < 1.29 is 31.5 Å². The summed E-state index contributed by atoms with van der Waals surface area (Å²) in [6, 6.07) is 6.11. The predicted molar refractivity (Wildman–Crippen MR) is 111 cm³/mol. The number of rotatable bonds is 8. The number of hydrogen-bond acceptors (Lipinski definition) is 5. The largest absolute Gasteiger partial charge is 0.449 e. The first-order chi connectivity index (χ1) is 14.5. The maximum absolute atomic E-state index is 14.2. The Labute approximate surface area is 184 Å². The van der Waals surface area contributed by atoms with E-state index in [1.54, 1.807) is 13.8 Å². The van der Waals surface area contributed by atoms with Gasteiger partial charge >= 0.3 is 5.97 Å². The Hall–Kier alpha value is -2.56. The molecule has 0 saturated heterocycles. The van der Waals surface area contributed by atoms with Crippen molar-refractivity contribution in [3.05, 3.63) is 58.6 Å². The number of carbonyl (C=O) groups is 2. The number of esters is 1. The van der Waals surface area contributed by atoms with Crippen LogP contribution in [0.1, 0.15) is 31.1 Å². The lowest BCUT2D eigenvalue weighted by Crippen LogP contribution is -2.32. The summed E-state index contributed by atoms with van der Waals surface area (Å²) < 4.78 is 58.6. The number of benzene rings is 2. The smallest absolute Gasteiger partial charge is 0.338 e. The maximum Gasteiger partial charge on any atom is 0.338 e. The minimum absolute atomic E-state index is 0.0448. The first kappa shape index (κ1) is 24.7. The van der Waals surface area contributed by atoms with Crippen molar-refractivity contribution >= 4 is 39.2 Å². The highest BCUT2D eigenvalue weighted by Gasteiger charge is 2.27. The van der Waals surface area contributed by atoms with Crippen LogP contribution in [-0.4, -0.2) is 43.8 Å². The van der Waals surface area contributed by atoms with Gasteiger partial charge in [0.2, 0.25) is 10.0 Å². The third-order valence-corrected chi connectivity index (χ3v) is 6.71. The van der Waals surface area contributed by atoms with Crippen molar-refractivity contribution in [2.75, 3.05) is 18.4 Å². The Bertz CT molecular complexity index is 1090. The fourth-order valence-electron chi connectivity index (χ4n) is 2.64. The van der Waals surface area contributed by atoms with E-state index >= 15 is 0 Å². The minimum Gasteiger partial charge on any atom is -0.449 e. The minimum atomic E-state index is -4.16. The van der Waals surface area contributed by atoms with E-state index < -0.39 is 44.5 Å². The van der Waals surface area contributed by atoms with Crippen LogP contribution in [0.5, 0.6) is 0 Å². The van der Waals surface area contributed by atoms with Crippen LogP contribution in [-0.2, 0) is 19.6 Å². The number of nitrogens with one attached hydrogen (secondary N) is 1. The SMILES string of the molecule is CCN(CC)S(=O)(=O)c1cc(C(=O)OC(C)C(=O)Nc2ccc(F)cc2Cl)ccc1F. The molecule has 7 nitrogen and oxygen atoms in total. The summed E-state index contributed by atoms with van der Waals surface area (Å²) in [6.07, 6.45) is -1.30. The van der Waals surface area contributed by atoms with Crippen molar-refractivity contribution in [3.63, 3.8) is 0 Å². The van der Waals surface area contributed by atoms with Crippen LogP contribution < -0.4 is 5.32 Å². The van der Waals surface area contributed by atoms with Crippen LogP contribution in [0.25, 0.3) is 0 Å². The van der Waals surface area contributed by atoms with Gasteiger partial charge in [0.25, 0.3) is 5.91 Å². The fraction of sp³-hybridized carbons (Fsp3) is 0.300. The van der Waals surface area contributed by atoms with Gasteiger partial charge in [0.05, 0.1) is 16.3 Å². The number of carbonyl (C=O) groups excluding carboxylic acids is 2. The van der Waals surface area contributed by atoms with Crippen LogP contribution >= 0.6 is 11.6 Å². The van der Waals surface area contributed by atoms with Crippen molar-refractivity contribution in [1.82, 2.24) is 4.31 Å². The second kappa shape index (κ2) is 10.2. The van der Waals surface area contributed by atoms with Crippen molar-refractivity contribution in [2.45, 2.75) is 31.8 Å². The zero-order valence-electron chi connectivity index (χ0n) is 17.0. The molecule has 2 aromatic rings. The third kappa shape index (κ3) is 5.78. The summed E-state index contributed by atoms with van der Waals surface area (Å²) in [5, 5.41) is 2.35. The number of hydrogen-bond donors (Lipinski definition) is 1. The van der Waals surface area contributed by atoms with Crippen molar-refractivity contribution in [3.8, 4) is 0 Å². The van der Waals surface area contributed by atoms with Gasteiger partial charge in [-0.25, -0.2) is 22.0 Å². The molecule has 0 aliphatic carbocycles. The average molecular weight is 475 g/mol. The monoisotopic (exact) mass is 474 g/mol. The normalized spacial score (nSPS) is 12.5. The molecular formula is C20H21ClF2N2O5S. The number of halogens is 3. The molecule has 0 radical (unpaired) electrons. The molecular weight excluding hydrogens is 454 g/mol. The maximum atomic E-state index is 14.2. The number of anilines is 1. The fourth-order valence-corrected chi connectivity index (χ4v) is 4.40. The van der Waals surface area contributed by atoms with Crippen molar-refractivity contribution in [1.29, 1.82) is 0 Å². The van der Waals surface area contributed by atoms with E-state index in [1.807, 2.05) is 0 Å². The molecule has 0 aromatic heterocycles. The molecule has 0 fully saturated rings. The molecule has 11 heteroatoms. The highest BCUT2D eigenvalue weighted by molar-refractivity contribution is 7.89. The van der Waals surface area contributed by atoms with Gasteiger partial charge in [-0.1, -0.05) is 25.4 Å². The van der Waals surface area contributed by atoms with E-state index in [9.17, 15) is 26.8 Å². The molecule has 0 saturated carbocycles. The lowest BCUT2D eigenvalue weighted by atomic mass is 10.2. The molecule has 2 aromatic carbocycles. The average Bonchev–Trinajstić information content (AvgIpc) is 2.70. The van der Waals surface area contributed by atoms with Gasteiger partial charge in [0.1, 0.15) is 16.5 Å². The summed E-state index contributed by atoms with van der Waals surface area (Å²) >= 11 is 5.85. The molecule has 168 valence electrons. The molecule has 0 heterocycles. The summed E-state index contributed by atoms with van der Waals surface area (Å²) in [7, 11) is -4.16. The van der Waals surface area contributed by atoms with Gasteiger partial charge in [-0.2, -0.15) is 4.31 Å². The number of sulfonamides is 1. The summed E-state index contributed by atoms with van der Waals surface area (Å²) in [6.45, 7) is 4.73. The van der Waals surface area contributed by atoms with E-state index in [0.717, 1.165) is 34.6 Å². The second-order valence-corrected chi connectivity index (χ2v) is 8.71. The van der Waals surface area contributed by atoms with Crippen LogP contribution in [0.3, 0.4) is 0 Å². The molecule has 0 spiro atoms. The first-order valence-electron chi connectivity index (χ1n) is 9.27. The zero-order chi connectivity index (χ0) is 23.3. The Balaban J connectivity index is 2.19. The lowest BCUT2D eigenvalue weighted by molar-refractivity contribution is -0.123. The first-order valence-corrected chi connectivity index (χ1v) is 11.1. The van der Waals surface area contributed by atoms with E-state index in [-0.39, 0.29) is 29.4 Å². The Morgan fingerprint density at radius 3 is 2.35 bits per heavy atom. The molecule has 0 bridgehead atoms. The molecule has 0 aliphatic heterocycles. The highest BCUT2D eigenvalue weighted by atomic mass is 35.5. The molecule has 1 N–H and O–H groups in total. The van der Waals surface area contributed by atoms with Crippen LogP contribution in [0.2, 0.25) is 5.02 Å². The standard InChI is InChI=1S/C20H21ClF2N2O5S/c1-4-25(5-2)31(28,29)18-10-13(6-8-16(18)23)20(27)30-12(3)19(26)24-17-9-7-14(22)11-15(17)21/h6-12H,4-5H2,1-3H3,(H,24,26). The molecule has 1 amide bonds. The van der Waals surface area contributed by atoms with Crippen LogP contribution in [0.4, 0.5) is 14.5 Å². The summed E-state index contributed by atoms with van der Waals surface area (Å²) in [5.41, 5.74) is -0.128. The van der Waals surface area contributed by atoms with E-state index in [0.29, 0.717) is 0 Å². The summed E-state index contributed by atoms with van der Waals surface area (Å²) in [4.78, 5) is 24.0. The van der Waals surface area contributed by atoms with E-state index in [4.69, 9.17) is 16.3 Å². The second-order valence-electron chi connectivity index (χ2n) is 6.40. The number of amides is 1. The molecule has 0 aliphatic rings. The van der Waals surface area contributed by atoms with Gasteiger partial charge in [-0.05, 0) is 43.3 Å². The highest BCUT2D eigenvalue weighted by Crippen LogP contribution is 2.24. The quantitative estimate of drug-likeness (QED) is 0.587. The Morgan fingerprint density at radius 2 is 1.77 bits per heavy atom. The lowest BCUT2D eigenvalue weighted by Gasteiger charge is -2.19. The number of nitrogens with zero attached hydrogens (tertiary/aromatic N) is 1. The Kier molecular flexibility index (Phi) is 8.10. The molecule has 31 heavy (non-hydrogen) atoms. The number of ether oxygens (including phenoxy) is 1. The summed E-state index contributed by atoms with van der Waals surface area (Å²) in [5.74, 6) is -3.38. The van der Waals surface area contributed by atoms with Gasteiger partial charge in [0, 0.05) is 13.1 Å². The van der Waals surface area contributed by atoms with Crippen LogP contribution in [0.15, 0.2) is 41.3 Å². The predicted octanol–water partition coefficient (Wildman–Crippen LogP) is 3.83. The van der Waals surface area contributed by atoms with Gasteiger partial charge < -0.3 is 10.1 Å². The van der Waals surface area contributed by atoms with Crippen molar-refractivity contribution in [2.24, 2.45) is 0 Å². The molecule has 1 atom stereocenters. The zero-order valence-corrected chi connectivity index (χ0v) is 18.6. The van der Waals surface area contributed by atoms with Gasteiger partial charge in [-0.15, -0.1) is 0 Å². The third-order valence-electron chi connectivity index (χ3n) is 4.33. The van der Waals surface area contributed by atoms with E-state index in [2.05, 4.69) is 5.32 Å². The van der Waals surface area contributed by atoms with Crippen LogP contribution in [0, 0.1) is 11.6 Å². The molecule has 2 rings (SSSR count). The topological polar surface area (TPSA) is 92.8 Å².